The molecule has 0 bridgehead atoms. The average Bonchev–Trinajstić information content (AvgIpc) is 2.49. The molecule has 0 spiro atoms. The molecule has 0 aliphatic carbocycles. The molecule has 1 N–H and O–H groups in total. The summed E-state index contributed by atoms with van der Waals surface area (Å²) in [7, 11) is 0. The van der Waals surface area contributed by atoms with Crippen LogP contribution in [0, 0.1) is 0 Å². The van der Waals surface area contributed by atoms with Gasteiger partial charge in [0.25, 0.3) is 0 Å². The van der Waals surface area contributed by atoms with Crippen LogP contribution < -0.4 is 4.72 Å². The van der Waals surface area contributed by atoms with Gasteiger partial charge in [0.1, 0.15) is 4.75 Å². The Balaban J connectivity index is 2.64. The van der Waals surface area contributed by atoms with E-state index in [2.05, 4.69) is 26.0 Å². The third-order valence-corrected chi connectivity index (χ3v) is 5.38. The molecule has 0 saturated carbocycles. The van der Waals surface area contributed by atoms with E-state index in [0.29, 0.717) is 0 Å². The second-order valence-corrected chi connectivity index (χ2v) is 7.99. The Bertz CT molecular complexity index is 321. The molecule has 1 aromatic heterocycles. The lowest BCUT2D eigenvalue weighted by molar-refractivity contribution is 0.531. The smallest absolute Gasteiger partial charge is 0.136 e. The minimum absolute atomic E-state index is 0.102. The molecule has 5 heteroatoms. The van der Waals surface area contributed by atoms with Crippen molar-refractivity contribution in [1.29, 1.82) is 0 Å². The van der Waals surface area contributed by atoms with Gasteiger partial charge >= 0.3 is 0 Å². The van der Waals surface area contributed by atoms with Crippen LogP contribution in [0.5, 0.6) is 0 Å². The van der Waals surface area contributed by atoms with Crippen LogP contribution in [0.2, 0.25) is 0 Å². The van der Waals surface area contributed by atoms with Crippen LogP contribution in [0.3, 0.4) is 0 Å². The molecule has 0 radical (unpaired) electrons. The maximum Gasteiger partial charge on any atom is 0.136 e. The molecule has 0 aromatic carbocycles. The van der Waals surface area contributed by atoms with Crippen LogP contribution >= 0.6 is 27.3 Å². The Hall–Kier alpha value is 0.450. The molecule has 1 rings (SSSR count). The summed E-state index contributed by atoms with van der Waals surface area (Å²) in [6, 6.07) is 0.102. The first-order valence-electron chi connectivity index (χ1n) is 4.72. The molecule has 86 valence electrons. The highest BCUT2D eigenvalue weighted by Crippen LogP contribution is 2.28. The predicted molar refractivity (Wildman–Crippen MR) is 71.5 cm³/mol. The molecule has 0 amide bonds. The quantitative estimate of drug-likeness (QED) is 0.865. The topological polar surface area (TPSA) is 35.1 Å². The van der Waals surface area contributed by atoms with Crippen LogP contribution in [0.15, 0.2) is 15.2 Å². The van der Waals surface area contributed by atoms with Gasteiger partial charge in [-0.25, -0.2) is 0 Å². The summed E-state index contributed by atoms with van der Waals surface area (Å²) >= 11 is 4.10. The van der Waals surface area contributed by atoms with Gasteiger partial charge in [0.2, 0.25) is 0 Å². The predicted octanol–water partition coefficient (Wildman–Crippen LogP) is 3.62. The van der Waals surface area contributed by atoms with Gasteiger partial charge in [0.05, 0.1) is 6.04 Å². The molecular formula is C10H16BrNOS2. The van der Waals surface area contributed by atoms with Crippen LogP contribution in [-0.4, -0.2) is 9.30 Å². The summed E-state index contributed by atoms with van der Waals surface area (Å²) in [5.41, 5.74) is 1.16. The highest BCUT2D eigenvalue weighted by Gasteiger charge is 2.28. The second kappa shape index (κ2) is 5.19. The van der Waals surface area contributed by atoms with Crippen LogP contribution in [0.4, 0.5) is 0 Å². The largest absolute Gasteiger partial charge is 0.598 e. The Morgan fingerprint density at radius 1 is 1.47 bits per heavy atom. The molecule has 0 aliphatic heterocycles. The average molecular weight is 310 g/mol. The molecule has 2 nitrogen and oxygen atoms in total. The molecule has 15 heavy (non-hydrogen) atoms. The molecule has 0 unspecified atom stereocenters. The molecule has 0 aliphatic rings. The highest BCUT2D eigenvalue weighted by atomic mass is 79.9. The van der Waals surface area contributed by atoms with E-state index in [9.17, 15) is 4.55 Å². The van der Waals surface area contributed by atoms with Crippen LogP contribution in [0.1, 0.15) is 39.3 Å². The molecule has 1 heterocycles. The first kappa shape index (κ1) is 13.5. The van der Waals surface area contributed by atoms with E-state index in [0.717, 1.165) is 10.0 Å². The van der Waals surface area contributed by atoms with Gasteiger partial charge in [-0.3, -0.25) is 0 Å². The Morgan fingerprint density at radius 2 is 2.07 bits per heavy atom. The van der Waals surface area contributed by atoms with Crippen molar-refractivity contribution in [2.75, 3.05) is 0 Å². The van der Waals surface area contributed by atoms with Gasteiger partial charge in [-0.1, -0.05) is 0 Å². The van der Waals surface area contributed by atoms with E-state index < -0.39 is 11.4 Å². The minimum Gasteiger partial charge on any atom is -0.598 e. The molecule has 0 saturated heterocycles. The first-order chi connectivity index (χ1) is 6.82. The maximum atomic E-state index is 11.9. The van der Waals surface area contributed by atoms with Crippen molar-refractivity contribution < 1.29 is 4.55 Å². The summed E-state index contributed by atoms with van der Waals surface area (Å²) in [5.74, 6) is 0. The first-order valence-corrected chi connectivity index (χ1v) is 7.60. The lowest BCUT2D eigenvalue weighted by Gasteiger charge is -2.26. The fourth-order valence-electron chi connectivity index (χ4n) is 1.00. The number of halogens is 1. The fraction of sp³-hybridized carbons (Fsp3) is 0.600. The summed E-state index contributed by atoms with van der Waals surface area (Å²) in [6.07, 6.45) is 0. The van der Waals surface area contributed by atoms with Crippen molar-refractivity contribution in [3.63, 3.8) is 0 Å². The molecule has 0 fully saturated rings. The summed E-state index contributed by atoms with van der Waals surface area (Å²) < 4.78 is 15.8. The van der Waals surface area contributed by atoms with Gasteiger partial charge in [0, 0.05) is 21.2 Å². The Labute approximate surface area is 107 Å². The van der Waals surface area contributed by atoms with Gasteiger partial charge in [0.15, 0.2) is 0 Å². The summed E-state index contributed by atoms with van der Waals surface area (Å²) in [5, 5.41) is 4.11. The van der Waals surface area contributed by atoms with Gasteiger partial charge in [-0.05, 0) is 54.6 Å². The van der Waals surface area contributed by atoms with E-state index in [1.807, 2.05) is 33.1 Å². The van der Waals surface area contributed by atoms with E-state index in [1.54, 1.807) is 11.3 Å². The normalized spacial score (nSPS) is 16.4. The number of rotatable bonds is 3. The monoisotopic (exact) mass is 309 g/mol. The number of thiophene rings is 1. The van der Waals surface area contributed by atoms with E-state index in [-0.39, 0.29) is 10.8 Å². The van der Waals surface area contributed by atoms with E-state index in [4.69, 9.17) is 0 Å². The van der Waals surface area contributed by atoms with Gasteiger partial charge < -0.3 is 4.55 Å². The van der Waals surface area contributed by atoms with Crippen molar-refractivity contribution in [3.8, 4) is 0 Å². The molecule has 1 aromatic rings. The highest BCUT2D eigenvalue weighted by molar-refractivity contribution is 9.10. The Morgan fingerprint density at radius 3 is 2.47 bits per heavy atom. The minimum atomic E-state index is -1.03. The number of hydrogen-bond acceptors (Lipinski definition) is 3. The maximum absolute atomic E-state index is 11.9. The SMILES string of the molecule is C[C@H](N[S@+]([O-])C(C)(C)C)c1cscc1Br. The fourth-order valence-corrected chi connectivity index (χ4v) is 3.54. The zero-order chi connectivity index (χ0) is 11.6. The van der Waals surface area contributed by atoms with Crippen molar-refractivity contribution in [2.45, 2.75) is 38.5 Å². The lowest BCUT2D eigenvalue weighted by atomic mass is 10.2. The zero-order valence-corrected chi connectivity index (χ0v) is 12.6. The summed E-state index contributed by atoms with van der Waals surface area (Å²) in [6.45, 7) is 7.92. The van der Waals surface area contributed by atoms with Crippen LogP contribution in [0.25, 0.3) is 0 Å². The van der Waals surface area contributed by atoms with Gasteiger partial charge in [-0.2, -0.15) is 11.3 Å². The number of nitrogens with one attached hydrogen (secondary N) is 1. The van der Waals surface area contributed by atoms with Crippen molar-refractivity contribution in [3.05, 3.63) is 20.8 Å². The zero-order valence-electron chi connectivity index (χ0n) is 9.33. The lowest BCUT2D eigenvalue weighted by Crippen LogP contribution is -2.40. The number of hydrogen-bond donors (Lipinski definition) is 1. The van der Waals surface area contributed by atoms with Gasteiger partial charge in [-0.15, -0.1) is 4.72 Å². The van der Waals surface area contributed by atoms with Crippen molar-refractivity contribution in [2.24, 2.45) is 0 Å². The summed E-state index contributed by atoms with van der Waals surface area (Å²) in [4.78, 5) is 0. The molecule has 2 atom stereocenters. The van der Waals surface area contributed by atoms with Crippen molar-refractivity contribution in [1.82, 2.24) is 4.72 Å². The van der Waals surface area contributed by atoms with Crippen molar-refractivity contribution >= 4 is 38.6 Å². The van der Waals surface area contributed by atoms with E-state index >= 15 is 0 Å². The Kier molecular flexibility index (Phi) is 4.67. The van der Waals surface area contributed by atoms with Crippen LogP contribution in [-0.2, 0) is 11.4 Å². The second-order valence-electron chi connectivity index (χ2n) is 4.40. The molecular weight excluding hydrogens is 294 g/mol. The van der Waals surface area contributed by atoms with E-state index in [1.165, 1.54) is 0 Å². The third kappa shape index (κ3) is 3.75. The standard InChI is InChI=1S/C10H16BrNOS2/c1-7(8-5-14-6-9(8)11)12-15(13)10(2,3)4/h5-7,12H,1-4H3/t7-,15+/m0/s1. The third-order valence-electron chi connectivity index (χ3n) is 1.95.